The molecule has 0 aromatic carbocycles. The molecule has 80 valence electrons. The number of aromatic nitrogens is 3. The molecule has 0 unspecified atom stereocenters. The standard InChI is InChI=1S/C10H7ClN4O/c11-8-3-2-7(16-8)10-13-9-4-1-6(12)5-15(9)14-10/h1-5H,12H2. The normalized spacial score (nSPS) is 11.1. The van der Waals surface area contributed by atoms with Crippen molar-refractivity contribution in [2.45, 2.75) is 0 Å². The number of nitrogens with two attached hydrogens (primary N) is 1. The Morgan fingerprint density at radius 1 is 1.25 bits per heavy atom. The molecule has 0 aliphatic carbocycles. The average Bonchev–Trinajstić information content (AvgIpc) is 2.83. The molecule has 5 nitrogen and oxygen atoms in total. The van der Waals surface area contributed by atoms with Gasteiger partial charge >= 0.3 is 0 Å². The van der Waals surface area contributed by atoms with Crippen LogP contribution in [0.15, 0.2) is 34.9 Å². The second kappa shape index (κ2) is 3.24. The molecule has 0 aliphatic heterocycles. The third-order valence-corrected chi connectivity index (χ3v) is 2.35. The summed E-state index contributed by atoms with van der Waals surface area (Å²) in [6, 6.07) is 6.93. The van der Waals surface area contributed by atoms with Crippen LogP contribution in [0.1, 0.15) is 0 Å². The summed E-state index contributed by atoms with van der Waals surface area (Å²) in [5, 5.41) is 4.54. The molecule has 3 aromatic rings. The first-order valence-corrected chi connectivity index (χ1v) is 4.98. The minimum atomic E-state index is 0.313. The van der Waals surface area contributed by atoms with Gasteiger partial charge in [-0.3, -0.25) is 0 Å². The Morgan fingerprint density at radius 3 is 2.88 bits per heavy atom. The summed E-state index contributed by atoms with van der Waals surface area (Å²) >= 11 is 5.69. The second-order valence-corrected chi connectivity index (χ2v) is 3.68. The minimum absolute atomic E-state index is 0.313. The molecule has 0 fully saturated rings. The van der Waals surface area contributed by atoms with Crippen molar-refractivity contribution in [3.05, 3.63) is 35.7 Å². The topological polar surface area (TPSA) is 69.3 Å². The van der Waals surface area contributed by atoms with Crippen LogP contribution < -0.4 is 5.73 Å². The zero-order chi connectivity index (χ0) is 11.1. The van der Waals surface area contributed by atoms with Gasteiger partial charge in [0, 0.05) is 0 Å². The Kier molecular flexibility index (Phi) is 1.87. The molecule has 0 bridgehead atoms. The number of anilines is 1. The fraction of sp³-hybridized carbons (Fsp3) is 0. The number of rotatable bonds is 1. The molecular weight excluding hydrogens is 228 g/mol. The molecule has 2 N–H and O–H groups in total. The molecule has 0 radical (unpaired) electrons. The Bertz CT molecular complexity index is 658. The van der Waals surface area contributed by atoms with E-state index in [0.717, 1.165) is 0 Å². The zero-order valence-corrected chi connectivity index (χ0v) is 8.85. The van der Waals surface area contributed by atoms with Gasteiger partial charge in [0.25, 0.3) is 0 Å². The SMILES string of the molecule is Nc1ccc2nc(-c3ccc(Cl)o3)nn2c1. The van der Waals surface area contributed by atoms with Gasteiger partial charge in [0.15, 0.2) is 16.6 Å². The summed E-state index contributed by atoms with van der Waals surface area (Å²) in [6.07, 6.45) is 1.69. The van der Waals surface area contributed by atoms with E-state index in [2.05, 4.69) is 10.1 Å². The summed E-state index contributed by atoms with van der Waals surface area (Å²) in [7, 11) is 0. The van der Waals surface area contributed by atoms with Gasteiger partial charge in [-0.05, 0) is 35.9 Å². The third-order valence-electron chi connectivity index (χ3n) is 2.15. The first-order chi connectivity index (χ1) is 7.72. The number of nitrogens with zero attached hydrogens (tertiary/aromatic N) is 3. The number of hydrogen-bond acceptors (Lipinski definition) is 4. The Morgan fingerprint density at radius 2 is 2.12 bits per heavy atom. The van der Waals surface area contributed by atoms with Gasteiger partial charge in [-0.1, -0.05) is 0 Å². The molecule has 0 atom stereocenters. The van der Waals surface area contributed by atoms with Gasteiger partial charge in [-0.2, -0.15) is 0 Å². The van der Waals surface area contributed by atoms with Crippen LogP contribution in [0.25, 0.3) is 17.2 Å². The van der Waals surface area contributed by atoms with E-state index in [1.807, 2.05) is 0 Å². The second-order valence-electron chi connectivity index (χ2n) is 3.30. The van der Waals surface area contributed by atoms with Crippen LogP contribution in [-0.2, 0) is 0 Å². The van der Waals surface area contributed by atoms with E-state index < -0.39 is 0 Å². The predicted octanol–water partition coefficient (Wildman–Crippen LogP) is 2.22. The van der Waals surface area contributed by atoms with E-state index >= 15 is 0 Å². The summed E-state index contributed by atoms with van der Waals surface area (Å²) in [5.41, 5.74) is 6.97. The fourth-order valence-corrected chi connectivity index (χ4v) is 1.58. The highest BCUT2D eigenvalue weighted by Gasteiger charge is 2.10. The summed E-state index contributed by atoms with van der Waals surface area (Å²) in [6.45, 7) is 0. The van der Waals surface area contributed by atoms with Crippen LogP contribution in [0.4, 0.5) is 5.69 Å². The Hall–Kier alpha value is -2.01. The van der Waals surface area contributed by atoms with Crippen molar-refractivity contribution in [3.63, 3.8) is 0 Å². The quantitative estimate of drug-likeness (QED) is 0.701. The van der Waals surface area contributed by atoms with E-state index in [4.69, 9.17) is 21.8 Å². The van der Waals surface area contributed by atoms with E-state index in [0.29, 0.717) is 28.1 Å². The van der Waals surface area contributed by atoms with E-state index in [1.54, 1.807) is 35.0 Å². The maximum Gasteiger partial charge on any atom is 0.217 e. The van der Waals surface area contributed by atoms with Crippen LogP contribution in [0, 0.1) is 0 Å². The Balaban J connectivity index is 2.18. The van der Waals surface area contributed by atoms with Crippen molar-refractivity contribution in [3.8, 4) is 11.6 Å². The van der Waals surface area contributed by atoms with Gasteiger partial charge < -0.3 is 10.2 Å². The van der Waals surface area contributed by atoms with Crippen molar-refractivity contribution in [2.75, 3.05) is 5.73 Å². The number of pyridine rings is 1. The number of furan rings is 1. The molecular formula is C10H7ClN4O. The summed E-state index contributed by atoms with van der Waals surface area (Å²) in [4.78, 5) is 4.28. The van der Waals surface area contributed by atoms with Crippen molar-refractivity contribution in [1.29, 1.82) is 0 Å². The number of fused-ring (bicyclic) bond motifs is 1. The number of halogens is 1. The maximum absolute atomic E-state index is 5.69. The number of nitrogen functional groups attached to an aromatic ring is 1. The zero-order valence-electron chi connectivity index (χ0n) is 8.09. The molecule has 3 aromatic heterocycles. The molecule has 3 rings (SSSR count). The van der Waals surface area contributed by atoms with Gasteiger partial charge in [-0.15, -0.1) is 5.10 Å². The van der Waals surface area contributed by atoms with Crippen molar-refractivity contribution in [2.24, 2.45) is 0 Å². The molecule has 6 heteroatoms. The Labute approximate surface area is 95.5 Å². The lowest BCUT2D eigenvalue weighted by molar-refractivity contribution is 0.579. The lowest BCUT2D eigenvalue weighted by Crippen LogP contribution is -1.91. The van der Waals surface area contributed by atoms with Crippen LogP contribution >= 0.6 is 11.6 Å². The van der Waals surface area contributed by atoms with Crippen molar-refractivity contribution < 1.29 is 4.42 Å². The van der Waals surface area contributed by atoms with Gasteiger partial charge in [0.05, 0.1) is 11.9 Å². The lowest BCUT2D eigenvalue weighted by atomic mass is 10.4. The summed E-state index contributed by atoms with van der Waals surface area (Å²) in [5.74, 6) is 1.02. The monoisotopic (exact) mass is 234 g/mol. The highest BCUT2D eigenvalue weighted by atomic mass is 35.5. The fourth-order valence-electron chi connectivity index (χ4n) is 1.44. The minimum Gasteiger partial charge on any atom is -0.441 e. The van der Waals surface area contributed by atoms with Crippen LogP contribution in [0.2, 0.25) is 5.22 Å². The summed E-state index contributed by atoms with van der Waals surface area (Å²) < 4.78 is 6.82. The van der Waals surface area contributed by atoms with E-state index in [1.165, 1.54) is 0 Å². The average molecular weight is 235 g/mol. The van der Waals surface area contributed by atoms with E-state index in [9.17, 15) is 0 Å². The predicted molar refractivity (Wildman–Crippen MR) is 60.1 cm³/mol. The van der Waals surface area contributed by atoms with Gasteiger partial charge in [0.1, 0.15) is 0 Å². The highest BCUT2D eigenvalue weighted by molar-refractivity contribution is 6.28. The van der Waals surface area contributed by atoms with Crippen LogP contribution in [-0.4, -0.2) is 14.6 Å². The van der Waals surface area contributed by atoms with Gasteiger partial charge in [-0.25, -0.2) is 9.50 Å². The van der Waals surface area contributed by atoms with E-state index in [-0.39, 0.29) is 0 Å². The van der Waals surface area contributed by atoms with Gasteiger partial charge in [0.2, 0.25) is 5.82 Å². The molecule has 0 spiro atoms. The van der Waals surface area contributed by atoms with Crippen LogP contribution in [0.3, 0.4) is 0 Å². The molecule has 0 saturated carbocycles. The maximum atomic E-state index is 5.69. The van der Waals surface area contributed by atoms with Crippen molar-refractivity contribution >= 4 is 22.9 Å². The molecule has 0 amide bonds. The first-order valence-electron chi connectivity index (χ1n) is 4.60. The first kappa shape index (κ1) is 9.23. The lowest BCUT2D eigenvalue weighted by Gasteiger charge is -1.91. The molecule has 0 aliphatic rings. The van der Waals surface area contributed by atoms with Crippen LogP contribution in [0.5, 0.6) is 0 Å². The third kappa shape index (κ3) is 1.42. The smallest absolute Gasteiger partial charge is 0.217 e. The largest absolute Gasteiger partial charge is 0.441 e. The molecule has 16 heavy (non-hydrogen) atoms. The molecule has 0 saturated heterocycles. The molecule has 3 heterocycles. The number of hydrogen-bond donors (Lipinski definition) is 1. The van der Waals surface area contributed by atoms with Crippen molar-refractivity contribution in [1.82, 2.24) is 14.6 Å². The highest BCUT2D eigenvalue weighted by Crippen LogP contribution is 2.22.